The van der Waals surface area contributed by atoms with Crippen LogP contribution >= 0.6 is 0 Å². The van der Waals surface area contributed by atoms with Crippen molar-refractivity contribution in [2.24, 2.45) is 5.92 Å². The molecule has 2 heteroatoms. The normalized spacial score (nSPS) is 23.0. The van der Waals surface area contributed by atoms with Crippen molar-refractivity contribution >= 4 is 0 Å². The number of hydrogen-bond acceptors (Lipinski definition) is 2. The summed E-state index contributed by atoms with van der Waals surface area (Å²) in [7, 11) is 0. The van der Waals surface area contributed by atoms with Gasteiger partial charge in [0.05, 0.1) is 18.8 Å². The fourth-order valence-corrected chi connectivity index (χ4v) is 1.85. The Morgan fingerprint density at radius 3 is 2.64 bits per heavy atom. The molecule has 82 valence electrons. The maximum absolute atomic E-state index is 9.46. The highest BCUT2D eigenvalue weighted by atomic mass is 16.5. The lowest BCUT2D eigenvalue weighted by molar-refractivity contribution is -0.00986. The third-order valence-electron chi connectivity index (χ3n) is 2.97. The molecule has 0 aliphatic heterocycles. The Labute approximate surface area is 87.0 Å². The first-order chi connectivity index (χ1) is 6.74. The van der Waals surface area contributed by atoms with E-state index in [0.717, 1.165) is 0 Å². The monoisotopic (exact) mass is 198 g/mol. The van der Waals surface area contributed by atoms with Gasteiger partial charge in [0.25, 0.3) is 0 Å². The van der Waals surface area contributed by atoms with Gasteiger partial charge >= 0.3 is 0 Å². The number of rotatable bonds is 5. The van der Waals surface area contributed by atoms with Crippen LogP contribution in [0.15, 0.2) is 12.7 Å². The molecule has 2 nitrogen and oxygen atoms in total. The number of aliphatic hydroxyl groups excluding tert-OH is 1. The van der Waals surface area contributed by atoms with Gasteiger partial charge in [0.2, 0.25) is 0 Å². The predicted molar refractivity (Wildman–Crippen MR) is 58.2 cm³/mol. The summed E-state index contributed by atoms with van der Waals surface area (Å²) in [5.41, 5.74) is 0. The van der Waals surface area contributed by atoms with E-state index in [1.165, 1.54) is 32.1 Å². The molecule has 0 aromatic heterocycles. The lowest BCUT2D eigenvalue weighted by Gasteiger charge is -2.24. The summed E-state index contributed by atoms with van der Waals surface area (Å²) in [5, 5.41) is 9.46. The average Bonchev–Trinajstić information content (AvgIpc) is 2.26. The maximum Gasteiger partial charge on any atom is 0.0765 e. The highest BCUT2D eigenvalue weighted by molar-refractivity contribution is 4.82. The van der Waals surface area contributed by atoms with E-state index in [2.05, 4.69) is 6.58 Å². The van der Waals surface area contributed by atoms with Crippen LogP contribution in [0.5, 0.6) is 0 Å². The zero-order valence-electron chi connectivity index (χ0n) is 9.11. The molecule has 1 rings (SSSR count). The third-order valence-corrected chi connectivity index (χ3v) is 2.97. The Morgan fingerprint density at radius 2 is 2.07 bits per heavy atom. The summed E-state index contributed by atoms with van der Waals surface area (Å²) in [5.74, 6) is 0.162. The molecule has 2 atom stereocenters. The molecule has 1 fully saturated rings. The van der Waals surface area contributed by atoms with Crippen LogP contribution in [-0.4, -0.2) is 23.9 Å². The summed E-state index contributed by atoms with van der Waals surface area (Å²) in [4.78, 5) is 0. The molecule has 0 aromatic rings. The lowest BCUT2D eigenvalue weighted by atomic mass is 9.97. The van der Waals surface area contributed by atoms with Gasteiger partial charge in [-0.3, -0.25) is 0 Å². The van der Waals surface area contributed by atoms with Gasteiger partial charge in [-0.1, -0.05) is 32.3 Å². The molecule has 0 amide bonds. The topological polar surface area (TPSA) is 29.5 Å². The van der Waals surface area contributed by atoms with E-state index in [9.17, 15) is 5.11 Å². The van der Waals surface area contributed by atoms with Gasteiger partial charge in [0, 0.05) is 5.92 Å². The second-order valence-corrected chi connectivity index (χ2v) is 4.30. The highest BCUT2D eigenvalue weighted by Gasteiger charge is 2.17. The van der Waals surface area contributed by atoms with Crippen LogP contribution in [0.1, 0.15) is 39.0 Å². The minimum absolute atomic E-state index is 0.162. The number of aliphatic hydroxyl groups is 1. The number of ether oxygens (including phenoxy) is 1. The maximum atomic E-state index is 9.46. The predicted octanol–water partition coefficient (Wildman–Crippen LogP) is 2.52. The summed E-state index contributed by atoms with van der Waals surface area (Å²) in [6.07, 6.45) is 7.90. The minimum Gasteiger partial charge on any atom is -0.389 e. The molecule has 0 spiro atoms. The van der Waals surface area contributed by atoms with Gasteiger partial charge in [0.15, 0.2) is 0 Å². The minimum atomic E-state index is -0.432. The lowest BCUT2D eigenvalue weighted by Crippen LogP contribution is -2.25. The van der Waals surface area contributed by atoms with Crippen molar-refractivity contribution < 1.29 is 9.84 Å². The summed E-state index contributed by atoms with van der Waals surface area (Å²) in [6, 6.07) is 0. The van der Waals surface area contributed by atoms with E-state index in [4.69, 9.17) is 4.74 Å². The molecular formula is C12H22O2. The molecule has 0 heterocycles. The van der Waals surface area contributed by atoms with Crippen molar-refractivity contribution in [1.29, 1.82) is 0 Å². The van der Waals surface area contributed by atoms with Crippen molar-refractivity contribution in [2.75, 3.05) is 6.61 Å². The first-order valence-electron chi connectivity index (χ1n) is 5.66. The van der Waals surface area contributed by atoms with Gasteiger partial charge < -0.3 is 9.84 Å². The Morgan fingerprint density at radius 1 is 1.43 bits per heavy atom. The summed E-state index contributed by atoms with van der Waals surface area (Å²) in [6.45, 7) is 6.22. The van der Waals surface area contributed by atoms with Crippen molar-refractivity contribution in [3.8, 4) is 0 Å². The van der Waals surface area contributed by atoms with Crippen LogP contribution in [-0.2, 0) is 4.74 Å². The number of hydrogen-bond donors (Lipinski definition) is 1. The summed E-state index contributed by atoms with van der Waals surface area (Å²) < 4.78 is 5.76. The quantitative estimate of drug-likeness (QED) is 0.688. The molecule has 1 aliphatic rings. The van der Waals surface area contributed by atoms with E-state index in [0.29, 0.717) is 12.7 Å². The van der Waals surface area contributed by atoms with Crippen LogP contribution in [0.2, 0.25) is 0 Å². The Kier molecular flexibility index (Phi) is 5.20. The first-order valence-corrected chi connectivity index (χ1v) is 5.66. The molecule has 14 heavy (non-hydrogen) atoms. The van der Waals surface area contributed by atoms with Crippen LogP contribution in [0, 0.1) is 5.92 Å². The Hall–Kier alpha value is -0.340. The molecule has 0 radical (unpaired) electrons. The zero-order chi connectivity index (χ0) is 10.4. The molecule has 2 unspecified atom stereocenters. The van der Waals surface area contributed by atoms with Gasteiger partial charge in [-0.15, -0.1) is 6.58 Å². The van der Waals surface area contributed by atoms with Crippen molar-refractivity contribution in [1.82, 2.24) is 0 Å². The second-order valence-electron chi connectivity index (χ2n) is 4.30. The Bertz CT molecular complexity index is 162. The van der Waals surface area contributed by atoms with E-state index in [1.807, 2.05) is 6.92 Å². The van der Waals surface area contributed by atoms with Crippen LogP contribution < -0.4 is 0 Å². The van der Waals surface area contributed by atoms with Crippen LogP contribution in [0.4, 0.5) is 0 Å². The van der Waals surface area contributed by atoms with Crippen LogP contribution in [0.25, 0.3) is 0 Å². The molecule has 0 saturated heterocycles. The highest BCUT2D eigenvalue weighted by Crippen LogP contribution is 2.21. The molecule has 1 N–H and O–H groups in total. The molecular weight excluding hydrogens is 176 g/mol. The van der Waals surface area contributed by atoms with Crippen LogP contribution in [0.3, 0.4) is 0 Å². The van der Waals surface area contributed by atoms with Gasteiger partial charge in [0.1, 0.15) is 0 Å². The van der Waals surface area contributed by atoms with E-state index < -0.39 is 6.10 Å². The molecule has 1 saturated carbocycles. The zero-order valence-corrected chi connectivity index (χ0v) is 9.11. The largest absolute Gasteiger partial charge is 0.389 e. The SMILES string of the molecule is C=CC(O)C(C)COC1CCCCC1. The van der Waals surface area contributed by atoms with Gasteiger partial charge in [-0.05, 0) is 12.8 Å². The van der Waals surface area contributed by atoms with E-state index in [1.54, 1.807) is 6.08 Å². The van der Waals surface area contributed by atoms with Crippen molar-refractivity contribution in [3.63, 3.8) is 0 Å². The summed E-state index contributed by atoms with van der Waals surface area (Å²) >= 11 is 0. The molecule has 1 aliphatic carbocycles. The van der Waals surface area contributed by atoms with E-state index >= 15 is 0 Å². The van der Waals surface area contributed by atoms with Gasteiger partial charge in [-0.2, -0.15) is 0 Å². The first kappa shape index (κ1) is 11.7. The van der Waals surface area contributed by atoms with E-state index in [-0.39, 0.29) is 5.92 Å². The third kappa shape index (κ3) is 3.81. The smallest absolute Gasteiger partial charge is 0.0765 e. The molecule has 0 bridgehead atoms. The fourth-order valence-electron chi connectivity index (χ4n) is 1.85. The average molecular weight is 198 g/mol. The van der Waals surface area contributed by atoms with Crippen molar-refractivity contribution in [2.45, 2.75) is 51.2 Å². The Balaban J connectivity index is 2.15. The molecule has 0 aromatic carbocycles. The fraction of sp³-hybridized carbons (Fsp3) is 0.833. The second kappa shape index (κ2) is 6.20. The standard InChI is InChI=1S/C12H22O2/c1-3-12(13)10(2)9-14-11-7-5-4-6-8-11/h3,10-13H,1,4-9H2,2H3. The van der Waals surface area contributed by atoms with Gasteiger partial charge in [-0.25, -0.2) is 0 Å². The van der Waals surface area contributed by atoms with Crippen molar-refractivity contribution in [3.05, 3.63) is 12.7 Å².